The lowest BCUT2D eigenvalue weighted by atomic mass is 10.1. The minimum absolute atomic E-state index is 0.155. The fourth-order valence-electron chi connectivity index (χ4n) is 1.92. The molecule has 0 aliphatic rings. The van der Waals surface area contributed by atoms with Crippen LogP contribution in [0.5, 0.6) is 5.75 Å². The maximum atomic E-state index is 13.7. The maximum absolute atomic E-state index is 13.7. The summed E-state index contributed by atoms with van der Waals surface area (Å²) in [6, 6.07) is 14.3. The zero-order valence-corrected chi connectivity index (χ0v) is 11.0. The number of aliphatic hydroxyl groups excluding tert-OH is 1. The van der Waals surface area contributed by atoms with Gasteiger partial charge in [-0.3, -0.25) is 0 Å². The molecule has 2 atom stereocenters. The van der Waals surface area contributed by atoms with Crippen LogP contribution in [0.4, 0.5) is 4.39 Å². The number of ether oxygens (including phenoxy) is 1. The van der Waals surface area contributed by atoms with E-state index in [2.05, 4.69) is 0 Å². The van der Waals surface area contributed by atoms with E-state index in [1.165, 1.54) is 13.0 Å². The van der Waals surface area contributed by atoms with Crippen molar-refractivity contribution in [1.29, 1.82) is 0 Å². The summed E-state index contributed by atoms with van der Waals surface area (Å²) in [5.74, 6) is 0.00557. The van der Waals surface area contributed by atoms with Crippen molar-refractivity contribution in [2.24, 2.45) is 0 Å². The van der Waals surface area contributed by atoms with Crippen molar-refractivity contribution in [3.05, 3.63) is 65.5 Å². The smallest absolute Gasteiger partial charge is 0.132 e. The fraction of sp³-hybridized carbons (Fsp3) is 0.250. The van der Waals surface area contributed by atoms with Gasteiger partial charge >= 0.3 is 0 Å². The first-order valence-corrected chi connectivity index (χ1v) is 6.27. The topological polar surface area (TPSA) is 29.5 Å². The minimum atomic E-state index is -0.819. The van der Waals surface area contributed by atoms with Crippen LogP contribution in [0.1, 0.15) is 37.2 Å². The molecular weight excluding hydrogens is 243 g/mol. The molecule has 2 nitrogen and oxygen atoms in total. The molecule has 0 spiro atoms. The molecule has 3 heteroatoms. The molecule has 2 rings (SSSR count). The Morgan fingerprint density at radius 3 is 2.32 bits per heavy atom. The number of aliphatic hydroxyl groups is 1. The molecule has 0 radical (unpaired) electrons. The number of hydrogen-bond donors (Lipinski definition) is 1. The predicted octanol–water partition coefficient (Wildman–Crippen LogP) is 4.02. The van der Waals surface area contributed by atoms with E-state index in [4.69, 9.17) is 4.74 Å². The molecule has 1 N–H and O–H groups in total. The first-order valence-electron chi connectivity index (χ1n) is 6.27. The number of hydrogen-bond acceptors (Lipinski definition) is 2. The van der Waals surface area contributed by atoms with Crippen LogP contribution in [0.25, 0.3) is 0 Å². The molecule has 0 amide bonds. The Labute approximate surface area is 112 Å². The normalized spacial score (nSPS) is 13.9. The van der Waals surface area contributed by atoms with Gasteiger partial charge in [0, 0.05) is 11.6 Å². The van der Waals surface area contributed by atoms with Crippen molar-refractivity contribution >= 4 is 0 Å². The number of benzene rings is 2. The van der Waals surface area contributed by atoms with Crippen molar-refractivity contribution in [3.63, 3.8) is 0 Å². The Morgan fingerprint density at radius 1 is 1.05 bits per heavy atom. The zero-order chi connectivity index (χ0) is 13.8. The lowest BCUT2D eigenvalue weighted by molar-refractivity contribution is 0.193. The van der Waals surface area contributed by atoms with E-state index in [-0.39, 0.29) is 11.7 Å². The standard InChI is InChI=1S/C16H17FO2/c1-11(18)15-9-8-14(10-16(15)17)19-12(2)13-6-4-3-5-7-13/h3-12,18H,1-2H3. The summed E-state index contributed by atoms with van der Waals surface area (Å²) in [6.45, 7) is 3.45. The highest BCUT2D eigenvalue weighted by atomic mass is 19.1. The second-order valence-electron chi connectivity index (χ2n) is 4.53. The molecule has 0 bridgehead atoms. The van der Waals surface area contributed by atoms with Gasteiger partial charge in [-0.25, -0.2) is 4.39 Å². The van der Waals surface area contributed by atoms with Crippen molar-refractivity contribution in [1.82, 2.24) is 0 Å². The summed E-state index contributed by atoms with van der Waals surface area (Å²) < 4.78 is 19.4. The van der Waals surface area contributed by atoms with Gasteiger partial charge in [-0.2, -0.15) is 0 Å². The molecule has 2 aromatic rings. The summed E-state index contributed by atoms with van der Waals surface area (Å²) in [5, 5.41) is 9.37. The van der Waals surface area contributed by atoms with E-state index < -0.39 is 11.9 Å². The molecule has 2 unspecified atom stereocenters. The molecule has 100 valence electrons. The average molecular weight is 260 g/mol. The largest absolute Gasteiger partial charge is 0.486 e. The van der Waals surface area contributed by atoms with Crippen molar-refractivity contribution in [2.75, 3.05) is 0 Å². The molecule has 0 fully saturated rings. The minimum Gasteiger partial charge on any atom is -0.486 e. The summed E-state index contributed by atoms with van der Waals surface area (Å²) in [7, 11) is 0. The lowest BCUT2D eigenvalue weighted by Crippen LogP contribution is -2.04. The van der Waals surface area contributed by atoms with Gasteiger partial charge in [-0.05, 0) is 31.5 Å². The number of rotatable bonds is 4. The van der Waals surface area contributed by atoms with E-state index in [0.717, 1.165) is 5.56 Å². The molecule has 0 aliphatic carbocycles. The monoisotopic (exact) mass is 260 g/mol. The maximum Gasteiger partial charge on any atom is 0.132 e. The van der Waals surface area contributed by atoms with Gasteiger partial charge in [0.25, 0.3) is 0 Å². The highest BCUT2D eigenvalue weighted by Crippen LogP contribution is 2.25. The Morgan fingerprint density at radius 2 is 1.74 bits per heavy atom. The van der Waals surface area contributed by atoms with Gasteiger partial charge in [0.1, 0.15) is 17.7 Å². The predicted molar refractivity (Wildman–Crippen MR) is 72.5 cm³/mol. The fourth-order valence-corrected chi connectivity index (χ4v) is 1.92. The van der Waals surface area contributed by atoms with Gasteiger partial charge in [0.2, 0.25) is 0 Å². The molecule has 0 aliphatic heterocycles. The summed E-state index contributed by atoms with van der Waals surface area (Å²) in [6.07, 6.45) is -0.974. The van der Waals surface area contributed by atoms with E-state index in [9.17, 15) is 9.50 Å². The molecule has 2 aromatic carbocycles. The molecule has 19 heavy (non-hydrogen) atoms. The van der Waals surface area contributed by atoms with E-state index in [1.54, 1.807) is 12.1 Å². The third-order valence-corrected chi connectivity index (χ3v) is 3.00. The Balaban J connectivity index is 2.14. The summed E-state index contributed by atoms with van der Waals surface area (Å²) in [5.41, 5.74) is 1.31. The summed E-state index contributed by atoms with van der Waals surface area (Å²) >= 11 is 0. The molecule has 0 aromatic heterocycles. The first-order chi connectivity index (χ1) is 9.08. The van der Waals surface area contributed by atoms with Gasteiger partial charge in [0.05, 0.1) is 6.10 Å². The van der Waals surface area contributed by atoms with E-state index >= 15 is 0 Å². The van der Waals surface area contributed by atoms with E-state index in [0.29, 0.717) is 5.75 Å². The summed E-state index contributed by atoms with van der Waals surface area (Å²) in [4.78, 5) is 0. The highest BCUT2D eigenvalue weighted by molar-refractivity contribution is 5.31. The average Bonchev–Trinajstić information content (AvgIpc) is 2.39. The third-order valence-electron chi connectivity index (χ3n) is 3.00. The molecule has 0 saturated heterocycles. The van der Waals surface area contributed by atoms with Crippen molar-refractivity contribution in [2.45, 2.75) is 26.1 Å². The van der Waals surface area contributed by atoms with Crippen LogP contribution in [-0.4, -0.2) is 5.11 Å². The first kappa shape index (κ1) is 13.6. The SMILES string of the molecule is CC(O)c1ccc(OC(C)c2ccccc2)cc1F. The highest BCUT2D eigenvalue weighted by Gasteiger charge is 2.11. The Bertz CT molecular complexity index is 538. The van der Waals surface area contributed by atoms with Crippen LogP contribution in [0.15, 0.2) is 48.5 Å². The molecular formula is C16H17FO2. The second kappa shape index (κ2) is 5.85. The van der Waals surface area contributed by atoms with Crippen molar-refractivity contribution < 1.29 is 14.2 Å². The van der Waals surface area contributed by atoms with Gasteiger partial charge in [-0.15, -0.1) is 0 Å². The molecule has 0 saturated carbocycles. The Kier molecular flexibility index (Phi) is 4.17. The van der Waals surface area contributed by atoms with Crippen molar-refractivity contribution in [3.8, 4) is 5.75 Å². The van der Waals surface area contributed by atoms with Crippen LogP contribution in [-0.2, 0) is 0 Å². The van der Waals surface area contributed by atoms with Crippen LogP contribution in [0, 0.1) is 5.82 Å². The van der Waals surface area contributed by atoms with Gasteiger partial charge in [0.15, 0.2) is 0 Å². The van der Waals surface area contributed by atoms with Crippen LogP contribution in [0.3, 0.4) is 0 Å². The van der Waals surface area contributed by atoms with Gasteiger partial charge in [-0.1, -0.05) is 30.3 Å². The zero-order valence-electron chi connectivity index (χ0n) is 11.0. The molecule has 0 heterocycles. The van der Waals surface area contributed by atoms with E-state index in [1.807, 2.05) is 37.3 Å². The van der Waals surface area contributed by atoms with Gasteiger partial charge < -0.3 is 9.84 Å². The number of halogens is 1. The van der Waals surface area contributed by atoms with Crippen LogP contribution in [0.2, 0.25) is 0 Å². The Hall–Kier alpha value is -1.87. The van der Waals surface area contributed by atoms with Crippen LogP contribution < -0.4 is 4.74 Å². The second-order valence-corrected chi connectivity index (χ2v) is 4.53. The third kappa shape index (κ3) is 3.32. The quantitative estimate of drug-likeness (QED) is 0.899. The lowest BCUT2D eigenvalue weighted by Gasteiger charge is -2.16. The van der Waals surface area contributed by atoms with Crippen LogP contribution >= 0.6 is 0 Å².